The molecular formula is C13H18F3N5O2. The summed E-state index contributed by atoms with van der Waals surface area (Å²) >= 11 is 0. The maximum Gasteiger partial charge on any atom is 0.392 e. The number of anilines is 2. The standard InChI is InChI=1S/C13H18F3N5O2/c1-12(7-8(12)13(14,15)16)9(22)17-10-18-11(20(2)19-10)21-3-5-23-6-4-21/h8H,3-7H2,1-2H3,(H,17,19,22). The molecule has 7 nitrogen and oxygen atoms in total. The summed E-state index contributed by atoms with van der Waals surface area (Å²) in [5.41, 5.74) is -1.43. The molecule has 0 radical (unpaired) electrons. The summed E-state index contributed by atoms with van der Waals surface area (Å²) < 4.78 is 44.9. The summed E-state index contributed by atoms with van der Waals surface area (Å²) in [6, 6.07) is 0. The van der Waals surface area contributed by atoms with E-state index in [0.29, 0.717) is 32.3 Å². The van der Waals surface area contributed by atoms with Crippen molar-refractivity contribution < 1.29 is 22.7 Å². The first-order valence-corrected chi connectivity index (χ1v) is 7.34. The van der Waals surface area contributed by atoms with Gasteiger partial charge in [-0.1, -0.05) is 6.92 Å². The Morgan fingerprint density at radius 2 is 2.04 bits per heavy atom. The van der Waals surface area contributed by atoms with Gasteiger partial charge in [-0.2, -0.15) is 18.2 Å². The van der Waals surface area contributed by atoms with Crippen LogP contribution < -0.4 is 10.2 Å². The van der Waals surface area contributed by atoms with Crippen molar-refractivity contribution in [2.45, 2.75) is 19.5 Å². The van der Waals surface area contributed by atoms with Crippen molar-refractivity contribution in [3.05, 3.63) is 0 Å². The highest BCUT2D eigenvalue weighted by Crippen LogP contribution is 2.60. The smallest absolute Gasteiger partial charge is 0.378 e. The van der Waals surface area contributed by atoms with Gasteiger partial charge in [-0.3, -0.25) is 10.1 Å². The van der Waals surface area contributed by atoms with Crippen LogP contribution in [0.3, 0.4) is 0 Å². The lowest BCUT2D eigenvalue weighted by atomic mass is 10.1. The van der Waals surface area contributed by atoms with Gasteiger partial charge in [0.2, 0.25) is 11.9 Å². The van der Waals surface area contributed by atoms with Crippen molar-refractivity contribution in [3.63, 3.8) is 0 Å². The van der Waals surface area contributed by atoms with E-state index in [2.05, 4.69) is 15.4 Å². The number of ether oxygens (including phenoxy) is 1. The van der Waals surface area contributed by atoms with Crippen molar-refractivity contribution in [1.29, 1.82) is 0 Å². The zero-order chi connectivity index (χ0) is 16.8. The van der Waals surface area contributed by atoms with E-state index >= 15 is 0 Å². The van der Waals surface area contributed by atoms with Crippen LogP contribution >= 0.6 is 0 Å². The second-order valence-corrected chi connectivity index (χ2v) is 6.13. The van der Waals surface area contributed by atoms with Crippen LogP contribution in [0.5, 0.6) is 0 Å². The molecule has 1 aliphatic heterocycles. The molecule has 2 fully saturated rings. The summed E-state index contributed by atoms with van der Waals surface area (Å²) in [7, 11) is 1.67. The van der Waals surface area contributed by atoms with Crippen LogP contribution in [-0.4, -0.2) is 53.2 Å². The molecular weight excluding hydrogens is 315 g/mol. The number of amides is 1. The van der Waals surface area contributed by atoms with Crippen molar-refractivity contribution in [2.24, 2.45) is 18.4 Å². The number of aryl methyl sites for hydroxylation is 1. The summed E-state index contributed by atoms with van der Waals surface area (Å²) in [5, 5.41) is 6.47. The quantitative estimate of drug-likeness (QED) is 0.899. The van der Waals surface area contributed by atoms with Crippen molar-refractivity contribution in [3.8, 4) is 0 Å². The van der Waals surface area contributed by atoms with E-state index in [0.717, 1.165) is 0 Å². The fraction of sp³-hybridized carbons (Fsp3) is 0.769. The fourth-order valence-electron chi connectivity index (χ4n) is 2.81. The van der Waals surface area contributed by atoms with Crippen LogP contribution in [0.15, 0.2) is 0 Å². The third-order valence-corrected chi connectivity index (χ3v) is 4.41. The van der Waals surface area contributed by atoms with Gasteiger partial charge in [-0.05, 0) is 6.42 Å². The Bertz CT molecular complexity index is 611. The Morgan fingerprint density at radius 1 is 1.39 bits per heavy atom. The Morgan fingerprint density at radius 3 is 2.61 bits per heavy atom. The first-order valence-electron chi connectivity index (χ1n) is 7.34. The number of nitrogens with one attached hydrogen (secondary N) is 1. The molecule has 1 aromatic rings. The van der Waals surface area contributed by atoms with Crippen LogP contribution in [0.25, 0.3) is 0 Å². The molecule has 10 heteroatoms. The second kappa shape index (κ2) is 5.36. The molecule has 1 saturated carbocycles. The number of nitrogens with zero attached hydrogens (tertiary/aromatic N) is 4. The zero-order valence-corrected chi connectivity index (χ0v) is 12.9. The molecule has 1 N–H and O–H groups in total. The Hall–Kier alpha value is -1.84. The largest absolute Gasteiger partial charge is 0.392 e. The SMILES string of the molecule is Cn1nc(NC(=O)C2(C)CC2C(F)(F)F)nc1N1CCOCC1. The minimum Gasteiger partial charge on any atom is -0.378 e. The summed E-state index contributed by atoms with van der Waals surface area (Å²) in [6.45, 7) is 3.74. The topological polar surface area (TPSA) is 72.3 Å². The monoisotopic (exact) mass is 333 g/mol. The zero-order valence-electron chi connectivity index (χ0n) is 12.9. The minimum absolute atomic E-state index is 0.0213. The van der Waals surface area contributed by atoms with Crippen LogP contribution in [0.4, 0.5) is 25.1 Å². The first-order chi connectivity index (χ1) is 10.7. The Kier molecular flexibility index (Phi) is 3.74. The third-order valence-electron chi connectivity index (χ3n) is 4.41. The van der Waals surface area contributed by atoms with Crippen LogP contribution in [0.2, 0.25) is 0 Å². The fourth-order valence-corrected chi connectivity index (χ4v) is 2.81. The van der Waals surface area contributed by atoms with E-state index < -0.39 is 23.4 Å². The van der Waals surface area contributed by atoms with Gasteiger partial charge in [-0.25, -0.2) is 4.68 Å². The lowest BCUT2D eigenvalue weighted by molar-refractivity contribution is -0.159. The van der Waals surface area contributed by atoms with Gasteiger partial charge in [0.15, 0.2) is 0 Å². The van der Waals surface area contributed by atoms with E-state index in [-0.39, 0.29) is 12.4 Å². The molecule has 3 rings (SSSR count). The van der Waals surface area contributed by atoms with Crippen LogP contribution in [-0.2, 0) is 16.6 Å². The summed E-state index contributed by atoms with van der Waals surface area (Å²) in [6.07, 6.45) is -4.56. The molecule has 1 saturated heterocycles. The van der Waals surface area contributed by atoms with Gasteiger partial charge >= 0.3 is 6.18 Å². The lowest BCUT2D eigenvalue weighted by Gasteiger charge is -2.26. The molecule has 0 spiro atoms. The maximum atomic E-state index is 12.7. The Balaban J connectivity index is 1.68. The van der Waals surface area contributed by atoms with Crippen molar-refractivity contribution >= 4 is 17.8 Å². The van der Waals surface area contributed by atoms with Gasteiger partial charge in [0.1, 0.15) is 0 Å². The van der Waals surface area contributed by atoms with Gasteiger partial charge in [0, 0.05) is 20.1 Å². The van der Waals surface area contributed by atoms with Gasteiger partial charge in [-0.15, -0.1) is 5.10 Å². The molecule has 0 aromatic carbocycles. The molecule has 23 heavy (non-hydrogen) atoms. The van der Waals surface area contributed by atoms with E-state index in [9.17, 15) is 18.0 Å². The van der Waals surface area contributed by atoms with E-state index in [1.54, 1.807) is 7.05 Å². The average molecular weight is 333 g/mol. The number of hydrogen-bond acceptors (Lipinski definition) is 5. The molecule has 1 aromatic heterocycles. The number of carbonyl (C=O) groups is 1. The highest BCUT2D eigenvalue weighted by molar-refractivity contribution is 5.96. The number of hydrogen-bond donors (Lipinski definition) is 1. The minimum atomic E-state index is -4.36. The molecule has 1 amide bonds. The number of alkyl halides is 3. The van der Waals surface area contributed by atoms with Gasteiger partial charge in [0.05, 0.1) is 24.5 Å². The highest BCUT2D eigenvalue weighted by atomic mass is 19.4. The predicted octanol–water partition coefficient (Wildman–Crippen LogP) is 1.18. The number of rotatable bonds is 3. The second-order valence-electron chi connectivity index (χ2n) is 6.13. The van der Waals surface area contributed by atoms with E-state index in [1.165, 1.54) is 11.6 Å². The number of carbonyl (C=O) groups excluding carboxylic acids is 1. The number of morpholine rings is 1. The van der Waals surface area contributed by atoms with Crippen molar-refractivity contribution in [2.75, 3.05) is 36.5 Å². The predicted molar refractivity (Wildman–Crippen MR) is 74.9 cm³/mol. The number of aromatic nitrogens is 3. The summed E-state index contributed by atoms with van der Waals surface area (Å²) in [5.74, 6) is -1.72. The van der Waals surface area contributed by atoms with Gasteiger partial charge in [0.25, 0.3) is 5.95 Å². The molecule has 2 unspecified atom stereocenters. The molecule has 2 atom stereocenters. The Labute approximate surface area is 130 Å². The van der Waals surface area contributed by atoms with Crippen molar-refractivity contribution in [1.82, 2.24) is 14.8 Å². The normalized spacial score (nSPS) is 27.9. The first kappa shape index (κ1) is 16.0. The third kappa shape index (κ3) is 2.99. The summed E-state index contributed by atoms with van der Waals surface area (Å²) in [4.78, 5) is 18.3. The highest BCUT2D eigenvalue weighted by Gasteiger charge is 2.68. The lowest BCUT2D eigenvalue weighted by Crippen LogP contribution is -2.37. The molecule has 2 aliphatic rings. The van der Waals surface area contributed by atoms with E-state index in [1.807, 2.05) is 4.90 Å². The number of halogens is 3. The van der Waals surface area contributed by atoms with Gasteiger partial charge < -0.3 is 9.64 Å². The average Bonchev–Trinajstić information content (AvgIpc) is 3.08. The molecule has 2 heterocycles. The molecule has 1 aliphatic carbocycles. The maximum absolute atomic E-state index is 12.7. The molecule has 0 bridgehead atoms. The van der Waals surface area contributed by atoms with Crippen LogP contribution in [0, 0.1) is 11.3 Å². The van der Waals surface area contributed by atoms with E-state index in [4.69, 9.17) is 4.74 Å². The van der Waals surface area contributed by atoms with Crippen LogP contribution in [0.1, 0.15) is 13.3 Å². The molecule has 128 valence electrons.